The Morgan fingerprint density at radius 2 is 1.62 bits per heavy atom. The van der Waals surface area contributed by atoms with E-state index in [1.807, 2.05) is 36.4 Å². The number of carboxylic acid groups (broad SMARTS) is 1. The SMILES string of the molecule is NC(=O)c1cccc(N2CCN(C(=O)c3c(-c4ccccc4)ccn3CC(=O)O)CC2)c1. The third-order valence-electron chi connectivity index (χ3n) is 5.62. The van der Waals surface area contributed by atoms with Gasteiger partial charge in [-0.2, -0.15) is 0 Å². The molecule has 2 heterocycles. The molecular formula is C24H24N4O4. The molecule has 2 amide bonds. The quantitative estimate of drug-likeness (QED) is 0.621. The largest absolute Gasteiger partial charge is 0.480 e. The number of nitrogens with zero attached hydrogens (tertiary/aromatic N) is 3. The van der Waals surface area contributed by atoms with Crippen molar-refractivity contribution in [2.75, 3.05) is 31.1 Å². The zero-order valence-corrected chi connectivity index (χ0v) is 17.5. The summed E-state index contributed by atoms with van der Waals surface area (Å²) in [7, 11) is 0. The van der Waals surface area contributed by atoms with Gasteiger partial charge >= 0.3 is 5.97 Å². The second-order valence-corrected chi connectivity index (χ2v) is 7.66. The van der Waals surface area contributed by atoms with Crippen LogP contribution in [0.4, 0.5) is 5.69 Å². The predicted molar refractivity (Wildman–Crippen MR) is 121 cm³/mol. The second-order valence-electron chi connectivity index (χ2n) is 7.66. The van der Waals surface area contributed by atoms with E-state index in [0.29, 0.717) is 43.0 Å². The highest BCUT2D eigenvalue weighted by Gasteiger charge is 2.27. The first kappa shape index (κ1) is 21.2. The minimum absolute atomic E-state index is 0.194. The monoisotopic (exact) mass is 432 g/mol. The fourth-order valence-electron chi connectivity index (χ4n) is 4.01. The number of carboxylic acids is 1. The lowest BCUT2D eigenvalue weighted by Crippen LogP contribution is -2.49. The lowest BCUT2D eigenvalue weighted by molar-refractivity contribution is -0.137. The molecule has 0 unspecified atom stereocenters. The summed E-state index contributed by atoms with van der Waals surface area (Å²) in [6, 6.07) is 18.4. The highest BCUT2D eigenvalue weighted by Crippen LogP contribution is 2.27. The van der Waals surface area contributed by atoms with Gasteiger partial charge in [-0.1, -0.05) is 36.4 Å². The summed E-state index contributed by atoms with van der Waals surface area (Å²) >= 11 is 0. The van der Waals surface area contributed by atoms with Gasteiger partial charge in [-0.05, 0) is 29.8 Å². The lowest BCUT2D eigenvalue weighted by Gasteiger charge is -2.36. The summed E-state index contributed by atoms with van der Waals surface area (Å²) in [6.07, 6.45) is 1.65. The van der Waals surface area contributed by atoms with Gasteiger partial charge in [0.1, 0.15) is 12.2 Å². The number of aliphatic carboxylic acids is 1. The molecule has 0 radical (unpaired) electrons. The molecular weight excluding hydrogens is 408 g/mol. The van der Waals surface area contributed by atoms with Crippen LogP contribution < -0.4 is 10.6 Å². The van der Waals surface area contributed by atoms with Crippen LogP contribution in [-0.2, 0) is 11.3 Å². The predicted octanol–water partition coefficient (Wildman–Crippen LogP) is 2.30. The Kier molecular flexibility index (Phi) is 5.93. The molecule has 0 aliphatic carbocycles. The first-order valence-corrected chi connectivity index (χ1v) is 10.3. The van der Waals surface area contributed by atoms with E-state index in [-0.39, 0.29) is 12.5 Å². The summed E-state index contributed by atoms with van der Waals surface area (Å²) in [5.41, 5.74) is 8.67. The van der Waals surface area contributed by atoms with Crippen molar-refractivity contribution >= 4 is 23.5 Å². The van der Waals surface area contributed by atoms with Gasteiger partial charge < -0.3 is 25.2 Å². The van der Waals surface area contributed by atoms with Crippen molar-refractivity contribution < 1.29 is 19.5 Å². The maximum absolute atomic E-state index is 13.5. The summed E-state index contributed by atoms with van der Waals surface area (Å²) in [4.78, 5) is 40.2. The maximum Gasteiger partial charge on any atom is 0.323 e. The Balaban J connectivity index is 1.55. The van der Waals surface area contributed by atoms with E-state index >= 15 is 0 Å². The van der Waals surface area contributed by atoms with Gasteiger partial charge in [0, 0.05) is 49.2 Å². The lowest BCUT2D eigenvalue weighted by atomic mass is 10.1. The van der Waals surface area contributed by atoms with E-state index in [1.165, 1.54) is 4.57 Å². The molecule has 1 aliphatic rings. The molecule has 32 heavy (non-hydrogen) atoms. The molecule has 2 aromatic carbocycles. The van der Waals surface area contributed by atoms with E-state index in [1.54, 1.807) is 35.4 Å². The van der Waals surface area contributed by atoms with Crippen LogP contribution in [0.25, 0.3) is 11.1 Å². The molecule has 0 saturated carbocycles. The number of carbonyl (C=O) groups excluding carboxylic acids is 2. The number of carbonyl (C=O) groups is 3. The highest BCUT2D eigenvalue weighted by atomic mass is 16.4. The minimum Gasteiger partial charge on any atom is -0.480 e. The van der Waals surface area contributed by atoms with Gasteiger partial charge in [0.05, 0.1) is 0 Å². The van der Waals surface area contributed by atoms with E-state index in [9.17, 15) is 19.5 Å². The van der Waals surface area contributed by atoms with E-state index in [2.05, 4.69) is 4.90 Å². The zero-order chi connectivity index (χ0) is 22.7. The van der Waals surface area contributed by atoms with Crippen LogP contribution in [0, 0.1) is 0 Å². The smallest absolute Gasteiger partial charge is 0.323 e. The summed E-state index contributed by atoms with van der Waals surface area (Å²) in [5.74, 6) is -1.68. The normalized spacial score (nSPS) is 13.8. The Bertz CT molecular complexity index is 1150. The second kappa shape index (κ2) is 8.97. The van der Waals surface area contributed by atoms with Crippen LogP contribution in [-0.4, -0.2) is 58.5 Å². The number of amides is 2. The molecule has 8 heteroatoms. The van der Waals surface area contributed by atoms with Crippen LogP contribution in [0.5, 0.6) is 0 Å². The molecule has 0 atom stereocenters. The third kappa shape index (κ3) is 4.34. The number of piperazine rings is 1. The first-order chi connectivity index (χ1) is 15.4. The molecule has 1 fully saturated rings. The highest BCUT2D eigenvalue weighted by molar-refractivity contribution is 6.00. The van der Waals surface area contributed by atoms with E-state index in [0.717, 1.165) is 11.3 Å². The molecule has 1 saturated heterocycles. The molecule has 1 aromatic heterocycles. The molecule has 3 N–H and O–H groups in total. The fraction of sp³-hybridized carbons (Fsp3) is 0.208. The van der Waals surface area contributed by atoms with Gasteiger partial charge in [0.15, 0.2) is 0 Å². The fourth-order valence-corrected chi connectivity index (χ4v) is 4.01. The van der Waals surface area contributed by atoms with E-state index in [4.69, 9.17) is 5.73 Å². The summed E-state index contributed by atoms with van der Waals surface area (Å²) < 4.78 is 1.50. The average molecular weight is 432 g/mol. The number of primary amides is 1. The van der Waals surface area contributed by atoms with Crippen molar-refractivity contribution in [1.82, 2.24) is 9.47 Å². The number of aromatic nitrogens is 1. The van der Waals surface area contributed by atoms with Crippen molar-refractivity contribution in [3.63, 3.8) is 0 Å². The van der Waals surface area contributed by atoms with Crippen LogP contribution >= 0.6 is 0 Å². The van der Waals surface area contributed by atoms with Crippen molar-refractivity contribution in [2.45, 2.75) is 6.54 Å². The Hall–Kier alpha value is -4.07. The van der Waals surface area contributed by atoms with Crippen LogP contribution in [0.3, 0.4) is 0 Å². The standard InChI is InChI=1S/C24H24N4O4/c25-23(31)18-7-4-8-19(15-18)26-11-13-27(14-12-26)24(32)22-20(17-5-2-1-3-6-17)9-10-28(22)16-21(29)30/h1-10,15H,11-14,16H2,(H2,25,31)(H,29,30). The molecule has 8 nitrogen and oxygen atoms in total. The number of hydrogen-bond acceptors (Lipinski definition) is 4. The number of anilines is 1. The molecule has 0 spiro atoms. The molecule has 3 aromatic rings. The van der Waals surface area contributed by atoms with Crippen LogP contribution in [0.2, 0.25) is 0 Å². The van der Waals surface area contributed by atoms with Crippen molar-refractivity contribution in [1.29, 1.82) is 0 Å². The van der Waals surface area contributed by atoms with Crippen LogP contribution in [0.1, 0.15) is 20.8 Å². The van der Waals surface area contributed by atoms with Gasteiger partial charge in [0.25, 0.3) is 5.91 Å². The Morgan fingerprint density at radius 3 is 2.28 bits per heavy atom. The van der Waals surface area contributed by atoms with Gasteiger partial charge in [-0.25, -0.2) is 0 Å². The van der Waals surface area contributed by atoms with Crippen molar-refractivity contribution in [3.05, 3.63) is 78.1 Å². The molecule has 1 aliphatic heterocycles. The third-order valence-corrected chi connectivity index (χ3v) is 5.62. The minimum atomic E-state index is -1.01. The topological polar surface area (TPSA) is 109 Å². The maximum atomic E-state index is 13.5. The van der Waals surface area contributed by atoms with E-state index < -0.39 is 11.9 Å². The number of rotatable bonds is 6. The number of hydrogen-bond donors (Lipinski definition) is 2. The van der Waals surface area contributed by atoms with Gasteiger partial charge in [-0.15, -0.1) is 0 Å². The average Bonchev–Trinajstić information content (AvgIpc) is 3.22. The first-order valence-electron chi connectivity index (χ1n) is 10.3. The Morgan fingerprint density at radius 1 is 0.906 bits per heavy atom. The molecule has 4 rings (SSSR count). The Labute approximate surface area is 185 Å². The molecule has 164 valence electrons. The summed E-state index contributed by atoms with van der Waals surface area (Å²) in [6.45, 7) is 1.86. The zero-order valence-electron chi connectivity index (χ0n) is 17.5. The van der Waals surface area contributed by atoms with Gasteiger partial charge in [-0.3, -0.25) is 14.4 Å². The molecule has 0 bridgehead atoms. The van der Waals surface area contributed by atoms with Crippen LogP contribution in [0.15, 0.2) is 66.9 Å². The number of nitrogens with two attached hydrogens (primary N) is 1. The number of benzene rings is 2. The van der Waals surface area contributed by atoms with Crippen molar-refractivity contribution in [2.24, 2.45) is 5.73 Å². The van der Waals surface area contributed by atoms with Gasteiger partial charge in [0.2, 0.25) is 5.91 Å². The summed E-state index contributed by atoms with van der Waals surface area (Å²) in [5, 5.41) is 9.30. The van der Waals surface area contributed by atoms with Crippen molar-refractivity contribution in [3.8, 4) is 11.1 Å².